The number of rotatable bonds is 9. The molecule has 0 saturated heterocycles. The van der Waals surface area contributed by atoms with E-state index in [-0.39, 0.29) is 12.8 Å². The Bertz CT molecular complexity index is 491. The summed E-state index contributed by atoms with van der Waals surface area (Å²) in [4.78, 5) is 58.8. The third-order valence-electron chi connectivity index (χ3n) is 3.07. The zero-order valence-corrected chi connectivity index (χ0v) is 12.9. The lowest BCUT2D eigenvalue weighted by atomic mass is 9.96. The van der Waals surface area contributed by atoms with Gasteiger partial charge in [-0.15, -0.1) is 0 Å². The molecule has 0 fully saturated rings. The van der Waals surface area contributed by atoms with Crippen LogP contribution in [0.1, 0.15) is 32.6 Å². The fraction of sp³-hybridized carbons (Fsp3) is 0.778. The Kier molecular flexibility index (Phi) is 6.75. The van der Waals surface area contributed by atoms with Crippen LogP contribution in [0.5, 0.6) is 0 Å². The van der Waals surface area contributed by atoms with Crippen molar-refractivity contribution in [3.63, 3.8) is 0 Å². The molecule has 124 valence electrons. The van der Waals surface area contributed by atoms with Crippen LogP contribution in [0.2, 0.25) is 0 Å². The molecule has 0 bridgehead atoms. The average molecular weight is 348 g/mol. The molecule has 21 heavy (non-hydrogen) atoms. The normalized spacial score (nSPS) is 17.0. The summed E-state index contributed by atoms with van der Waals surface area (Å²) in [6.45, 7) is 1.54. The standard InChI is InChI=1S/C9H18O10P2/c1-2-3-6(20(14,15)16)4-9(8(12)13,5-7(10)11)21(17,18)19/h6H,2-5H2,1H3,(H,10,11)(H,12,13)(H2,14,15,16)(H2,17,18,19). The minimum Gasteiger partial charge on any atom is -0.481 e. The van der Waals surface area contributed by atoms with E-state index in [2.05, 4.69) is 0 Å². The van der Waals surface area contributed by atoms with Crippen LogP contribution in [-0.4, -0.2) is 52.5 Å². The zero-order valence-electron chi connectivity index (χ0n) is 11.1. The van der Waals surface area contributed by atoms with Crippen molar-refractivity contribution in [2.75, 3.05) is 0 Å². The first kappa shape index (κ1) is 20.2. The van der Waals surface area contributed by atoms with Gasteiger partial charge >= 0.3 is 27.1 Å². The van der Waals surface area contributed by atoms with E-state index >= 15 is 0 Å². The van der Waals surface area contributed by atoms with Gasteiger partial charge in [-0.25, -0.2) is 0 Å². The molecule has 0 aromatic heterocycles. The van der Waals surface area contributed by atoms with Crippen molar-refractivity contribution in [3.8, 4) is 0 Å². The van der Waals surface area contributed by atoms with Crippen molar-refractivity contribution in [2.45, 2.75) is 43.4 Å². The molecule has 0 aliphatic rings. The highest BCUT2D eigenvalue weighted by Gasteiger charge is 2.57. The maximum Gasteiger partial charge on any atom is 0.343 e. The Morgan fingerprint density at radius 2 is 1.57 bits per heavy atom. The minimum absolute atomic E-state index is 0.196. The van der Waals surface area contributed by atoms with Crippen molar-refractivity contribution in [1.82, 2.24) is 0 Å². The van der Waals surface area contributed by atoms with Gasteiger partial charge in [0.2, 0.25) is 0 Å². The molecule has 0 aromatic carbocycles. The van der Waals surface area contributed by atoms with Gasteiger partial charge < -0.3 is 29.8 Å². The zero-order chi connectivity index (χ0) is 17.1. The molecule has 0 aliphatic heterocycles. The number of hydrogen-bond donors (Lipinski definition) is 6. The molecule has 12 heteroatoms. The van der Waals surface area contributed by atoms with Gasteiger partial charge in [0.15, 0.2) is 5.16 Å². The largest absolute Gasteiger partial charge is 0.481 e. The van der Waals surface area contributed by atoms with Gasteiger partial charge in [0.1, 0.15) is 0 Å². The van der Waals surface area contributed by atoms with E-state index in [0.717, 1.165) is 0 Å². The molecule has 0 spiro atoms. The molecule has 0 rings (SSSR count). The summed E-state index contributed by atoms with van der Waals surface area (Å²) in [5, 5.41) is 14.7. The van der Waals surface area contributed by atoms with Crippen LogP contribution in [0.4, 0.5) is 0 Å². The maximum absolute atomic E-state index is 11.5. The lowest BCUT2D eigenvalue weighted by molar-refractivity contribution is -0.147. The van der Waals surface area contributed by atoms with E-state index in [1.54, 1.807) is 6.92 Å². The van der Waals surface area contributed by atoms with Crippen molar-refractivity contribution in [2.24, 2.45) is 0 Å². The second-order valence-corrected chi connectivity index (χ2v) is 8.54. The highest BCUT2D eigenvalue weighted by molar-refractivity contribution is 7.55. The predicted molar refractivity (Wildman–Crippen MR) is 70.0 cm³/mol. The van der Waals surface area contributed by atoms with E-state index in [4.69, 9.17) is 10.2 Å². The number of aliphatic carboxylic acids is 2. The van der Waals surface area contributed by atoms with Crippen LogP contribution in [0, 0.1) is 0 Å². The highest BCUT2D eigenvalue weighted by Crippen LogP contribution is 2.59. The third kappa shape index (κ3) is 5.18. The van der Waals surface area contributed by atoms with Gasteiger partial charge in [-0.3, -0.25) is 18.7 Å². The maximum atomic E-state index is 11.5. The molecule has 0 amide bonds. The van der Waals surface area contributed by atoms with E-state index in [1.807, 2.05) is 0 Å². The Labute approximate surface area is 120 Å². The lowest BCUT2D eigenvalue weighted by Gasteiger charge is -2.32. The first-order chi connectivity index (χ1) is 9.28. The first-order valence-electron chi connectivity index (χ1n) is 5.84. The van der Waals surface area contributed by atoms with Crippen LogP contribution in [0.15, 0.2) is 0 Å². The molecule has 0 heterocycles. The predicted octanol–water partition coefficient (Wildman–Crippen LogP) is 0.199. The molecule has 0 aliphatic carbocycles. The molecule has 0 saturated carbocycles. The van der Waals surface area contributed by atoms with Gasteiger partial charge in [-0.2, -0.15) is 0 Å². The monoisotopic (exact) mass is 348 g/mol. The number of carboxylic acid groups (broad SMARTS) is 2. The van der Waals surface area contributed by atoms with Gasteiger partial charge in [0.05, 0.1) is 12.1 Å². The number of carbonyl (C=O) groups is 2. The van der Waals surface area contributed by atoms with Crippen LogP contribution in [0.25, 0.3) is 0 Å². The molecular weight excluding hydrogens is 330 g/mol. The Morgan fingerprint density at radius 1 is 1.10 bits per heavy atom. The number of carboxylic acids is 2. The fourth-order valence-electron chi connectivity index (χ4n) is 1.94. The van der Waals surface area contributed by atoms with Crippen LogP contribution < -0.4 is 0 Å². The van der Waals surface area contributed by atoms with Crippen molar-refractivity contribution < 1.29 is 48.5 Å². The van der Waals surface area contributed by atoms with E-state index < -0.39 is 50.8 Å². The molecule has 10 nitrogen and oxygen atoms in total. The highest BCUT2D eigenvalue weighted by atomic mass is 31.2. The van der Waals surface area contributed by atoms with Gasteiger partial charge in [-0.1, -0.05) is 13.3 Å². The van der Waals surface area contributed by atoms with Crippen molar-refractivity contribution in [3.05, 3.63) is 0 Å². The van der Waals surface area contributed by atoms with Gasteiger partial charge in [0, 0.05) is 0 Å². The quantitative estimate of drug-likeness (QED) is 0.314. The summed E-state index contributed by atoms with van der Waals surface area (Å²) >= 11 is 0. The summed E-state index contributed by atoms with van der Waals surface area (Å²) in [5.41, 5.74) is -1.65. The summed E-state index contributed by atoms with van der Waals surface area (Å²) in [6, 6.07) is 0. The molecule has 0 radical (unpaired) electrons. The average Bonchev–Trinajstić information content (AvgIpc) is 2.23. The second-order valence-electron chi connectivity index (χ2n) is 4.69. The minimum atomic E-state index is -5.49. The molecule has 6 N–H and O–H groups in total. The van der Waals surface area contributed by atoms with E-state index in [9.17, 15) is 38.3 Å². The van der Waals surface area contributed by atoms with E-state index in [1.165, 1.54) is 0 Å². The summed E-state index contributed by atoms with van der Waals surface area (Å²) < 4.78 is 22.8. The second kappa shape index (κ2) is 7.00. The lowest BCUT2D eigenvalue weighted by Crippen LogP contribution is -2.43. The Hall–Kier alpha value is -0.760. The number of hydrogen-bond acceptors (Lipinski definition) is 4. The third-order valence-corrected chi connectivity index (χ3v) is 6.11. The SMILES string of the molecule is CCCC(CC(CC(=O)O)(C(=O)O)P(=O)(O)O)P(=O)(O)O. The Morgan fingerprint density at radius 3 is 1.81 bits per heavy atom. The van der Waals surface area contributed by atoms with Crippen LogP contribution in [0.3, 0.4) is 0 Å². The van der Waals surface area contributed by atoms with Crippen LogP contribution >= 0.6 is 15.2 Å². The topological polar surface area (TPSA) is 190 Å². The van der Waals surface area contributed by atoms with Crippen molar-refractivity contribution in [1.29, 1.82) is 0 Å². The van der Waals surface area contributed by atoms with Gasteiger partial charge in [0.25, 0.3) is 0 Å². The molecule has 2 unspecified atom stereocenters. The molecule has 0 aromatic rings. The smallest absolute Gasteiger partial charge is 0.343 e. The van der Waals surface area contributed by atoms with Crippen molar-refractivity contribution >= 4 is 27.1 Å². The summed E-state index contributed by atoms with van der Waals surface area (Å²) in [6.07, 6.45) is -2.54. The summed E-state index contributed by atoms with van der Waals surface area (Å²) in [5.74, 6) is -3.89. The fourth-order valence-corrected chi connectivity index (χ4v) is 4.28. The first-order valence-corrected chi connectivity index (χ1v) is 9.13. The van der Waals surface area contributed by atoms with Crippen LogP contribution in [-0.2, 0) is 18.7 Å². The Balaban J connectivity index is 5.90. The van der Waals surface area contributed by atoms with Gasteiger partial charge in [-0.05, 0) is 12.8 Å². The molecule has 2 atom stereocenters. The summed E-state index contributed by atoms with van der Waals surface area (Å²) in [7, 11) is -10.3. The molecular formula is C9H18O10P2. The van der Waals surface area contributed by atoms with E-state index in [0.29, 0.717) is 0 Å².